The highest BCUT2D eigenvalue weighted by Gasteiger charge is 2.34. The first-order valence-corrected chi connectivity index (χ1v) is 9.57. The van der Waals surface area contributed by atoms with Gasteiger partial charge in [-0.1, -0.05) is 37.5 Å². The Labute approximate surface area is 155 Å². The zero-order valence-electron chi connectivity index (χ0n) is 16.2. The van der Waals surface area contributed by atoms with Crippen LogP contribution in [0, 0.1) is 6.92 Å². The predicted octanol–water partition coefficient (Wildman–Crippen LogP) is 5.53. The maximum absolute atomic E-state index is 12.1. The van der Waals surface area contributed by atoms with E-state index < -0.39 is 17.7 Å². The Bertz CT molecular complexity index is 801. The van der Waals surface area contributed by atoms with E-state index in [0.717, 1.165) is 40.6 Å². The van der Waals surface area contributed by atoms with Crippen molar-refractivity contribution in [3.63, 3.8) is 0 Å². The molecule has 3 rings (SSSR count). The molecule has 0 spiro atoms. The molecule has 0 bridgehead atoms. The molecule has 0 radical (unpaired) electrons. The molecule has 1 heterocycles. The van der Waals surface area contributed by atoms with Gasteiger partial charge in [0, 0.05) is 16.6 Å². The van der Waals surface area contributed by atoms with Crippen molar-refractivity contribution in [2.45, 2.75) is 77.4 Å². The van der Waals surface area contributed by atoms with Crippen LogP contribution in [0.1, 0.15) is 81.7 Å². The lowest BCUT2D eigenvalue weighted by Gasteiger charge is -2.31. The minimum absolute atomic E-state index is 0.371. The number of benzene rings is 1. The van der Waals surface area contributed by atoms with Crippen LogP contribution in [0.3, 0.4) is 0 Å². The second-order valence-electron chi connectivity index (χ2n) is 8.33. The highest BCUT2D eigenvalue weighted by Crippen LogP contribution is 2.42. The lowest BCUT2D eigenvalue weighted by atomic mass is 9.79. The standard InChI is InChI=1S/C22H29NO3/c1-14-18(20(21(24)25)26-22(2,3)4)19(15-10-6-5-7-11-15)16-12-8-9-13-17(16)23-14/h8-9,12-13,15,20H,5-7,10-11H2,1-4H3,(H,24,25). The average Bonchev–Trinajstić information content (AvgIpc) is 2.58. The molecule has 0 saturated heterocycles. The number of rotatable bonds is 4. The van der Waals surface area contributed by atoms with Gasteiger partial charge < -0.3 is 9.84 Å². The van der Waals surface area contributed by atoms with Gasteiger partial charge >= 0.3 is 5.97 Å². The Balaban J connectivity index is 2.25. The zero-order valence-corrected chi connectivity index (χ0v) is 16.2. The zero-order chi connectivity index (χ0) is 18.9. The number of nitrogens with zero attached hydrogens (tertiary/aromatic N) is 1. The Morgan fingerprint density at radius 1 is 1.19 bits per heavy atom. The first-order chi connectivity index (χ1) is 12.3. The van der Waals surface area contributed by atoms with Gasteiger partial charge in [-0.25, -0.2) is 4.79 Å². The Morgan fingerprint density at radius 2 is 1.85 bits per heavy atom. The summed E-state index contributed by atoms with van der Waals surface area (Å²) >= 11 is 0. The molecule has 1 N–H and O–H groups in total. The number of ether oxygens (including phenoxy) is 1. The Hall–Kier alpha value is -1.94. The SMILES string of the molecule is Cc1nc2ccccc2c(C2CCCCC2)c1C(OC(C)(C)C)C(=O)O. The molecule has 140 valence electrons. The molecule has 1 fully saturated rings. The fraction of sp³-hybridized carbons (Fsp3) is 0.545. The third-order valence-corrected chi connectivity index (χ3v) is 5.13. The number of fused-ring (bicyclic) bond motifs is 1. The van der Waals surface area contributed by atoms with Crippen molar-refractivity contribution < 1.29 is 14.6 Å². The van der Waals surface area contributed by atoms with E-state index in [9.17, 15) is 9.90 Å². The van der Waals surface area contributed by atoms with Crippen LogP contribution in [0.5, 0.6) is 0 Å². The molecular formula is C22H29NO3. The second kappa shape index (κ2) is 7.36. The summed E-state index contributed by atoms with van der Waals surface area (Å²) in [4.78, 5) is 16.9. The number of aromatic nitrogens is 1. The third kappa shape index (κ3) is 3.90. The number of aryl methyl sites for hydroxylation is 1. The van der Waals surface area contributed by atoms with E-state index >= 15 is 0 Å². The summed E-state index contributed by atoms with van der Waals surface area (Å²) in [5, 5.41) is 11.0. The minimum atomic E-state index is -0.996. The number of para-hydroxylation sites is 1. The molecular weight excluding hydrogens is 326 g/mol. The van der Waals surface area contributed by atoms with Gasteiger partial charge in [0.15, 0.2) is 6.10 Å². The van der Waals surface area contributed by atoms with Crippen LogP contribution >= 0.6 is 0 Å². The summed E-state index contributed by atoms with van der Waals surface area (Å²) < 4.78 is 6.01. The lowest BCUT2D eigenvalue weighted by Crippen LogP contribution is -2.29. The third-order valence-electron chi connectivity index (χ3n) is 5.13. The number of carboxylic acids is 1. The summed E-state index contributed by atoms with van der Waals surface area (Å²) in [6, 6.07) is 8.08. The molecule has 2 aromatic rings. The van der Waals surface area contributed by atoms with Gasteiger partial charge in [0.2, 0.25) is 0 Å². The molecule has 4 heteroatoms. The van der Waals surface area contributed by atoms with Gasteiger partial charge in [0.05, 0.1) is 11.1 Å². The fourth-order valence-electron chi connectivity index (χ4n) is 4.13. The topological polar surface area (TPSA) is 59.4 Å². The molecule has 0 amide bonds. The van der Waals surface area contributed by atoms with E-state index in [0.29, 0.717) is 5.92 Å². The van der Waals surface area contributed by atoms with Crippen LogP contribution in [0.4, 0.5) is 0 Å². The lowest BCUT2D eigenvalue weighted by molar-refractivity contribution is -0.160. The molecule has 1 aliphatic carbocycles. The number of carbonyl (C=O) groups is 1. The van der Waals surface area contributed by atoms with E-state index in [1.165, 1.54) is 19.3 Å². The highest BCUT2D eigenvalue weighted by molar-refractivity contribution is 5.87. The summed E-state index contributed by atoms with van der Waals surface area (Å²) in [6.07, 6.45) is 4.85. The first-order valence-electron chi connectivity index (χ1n) is 9.57. The number of hydrogen-bond donors (Lipinski definition) is 1. The van der Waals surface area contributed by atoms with Crippen LogP contribution in [0.15, 0.2) is 24.3 Å². The molecule has 1 unspecified atom stereocenters. The predicted molar refractivity (Wildman–Crippen MR) is 104 cm³/mol. The number of pyridine rings is 1. The van der Waals surface area contributed by atoms with Crippen LogP contribution in [0.2, 0.25) is 0 Å². The molecule has 26 heavy (non-hydrogen) atoms. The van der Waals surface area contributed by atoms with Crippen LogP contribution < -0.4 is 0 Å². The van der Waals surface area contributed by atoms with Gasteiger partial charge in [0.1, 0.15) is 0 Å². The first kappa shape index (κ1) is 18.8. The number of carboxylic acid groups (broad SMARTS) is 1. The highest BCUT2D eigenvalue weighted by atomic mass is 16.5. The maximum Gasteiger partial charge on any atom is 0.337 e. The molecule has 1 saturated carbocycles. The van der Waals surface area contributed by atoms with E-state index in [2.05, 4.69) is 6.07 Å². The number of hydrogen-bond acceptors (Lipinski definition) is 3. The molecule has 1 aromatic heterocycles. The van der Waals surface area contributed by atoms with E-state index in [-0.39, 0.29) is 0 Å². The molecule has 1 aliphatic rings. The van der Waals surface area contributed by atoms with Crippen molar-refractivity contribution in [1.82, 2.24) is 4.98 Å². The number of aliphatic carboxylic acids is 1. The van der Waals surface area contributed by atoms with E-state index in [1.807, 2.05) is 45.9 Å². The molecule has 4 nitrogen and oxygen atoms in total. The van der Waals surface area contributed by atoms with Gasteiger partial charge in [-0.3, -0.25) is 4.98 Å². The Morgan fingerprint density at radius 3 is 2.46 bits per heavy atom. The normalized spacial score (nSPS) is 17.4. The van der Waals surface area contributed by atoms with Crippen molar-refractivity contribution in [3.05, 3.63) is 41.1 Å². The second-order valence-corrected chi connectivity index (χ2v) is 8.33. The summed E-state index contributed by atoms with van der Waals surface area (Å²) in [6.45, 7) is 7.60. The largest absolute Gasteiger partial charge is 0.479 e. The van der Waals surface area contributed by atoms with Crippen molar-refractivity contribution in [3.8, 4) is 0 Å². The van der Waals surface area contributed by atoms with Gasteiger partial charge in [-0.05, 0) is 58.1 Å². The summed E-state index contributed by atoms with van der Waals surface area (Å²) in [5.74, 6) is -0.576. The van der Waals surface area contributed by atoms with Crippen molar-refractivity contribution >= 4 is 16.9 Å². The van der Waals surface area contributed by atoms with E-state index in [4.69, 9.17) is 9.72 Å². The van der Waals surface area contributed by atoms with E-state index in [1.54, 1.807) is 0 Å². The molecule has 0 aliphatic heterocycles. The van der Waals surface area contributed by atoms with Crippen LogP contribution in [-0.2, 0) is 9.53 Å². The Kier molecular flexibility index (Phi) is 5.33. The van der Waals surface area contributed by atoms with Crippen molar-refractivity contribution in [2.24, 2.45) is 0 Å². The van der Waals surface area contributed by atoms with Gasteiger partial charge in [0.25, 0.3) is 0 Å². The van der Waals surface area contributed by atoms with Crippen LogP contribution in [0.25, 0.3) is 10.9 Å². The molecule has 1 aromatic carbocycles. The molecule has 1 atom stereocenters. The van der Waals surface area contributed by atoms with Gasteiger partial charge in [-0.2, -0.15) is 0 Å². The maximum atomic E-state index is 12.1. The van der Waals surface area contributed by atoms with Crippen LogP contribution in [-0.4, -0.2) is 21.7 Å². The fourth-order valence-corrected chi connectivity index (χ4v) is 4.13. The van der Waals surface area contributed by atoms with Crippen molar-refractivity contribution in [2.75, 3.05) is 0 Å². The van der Waals surface area contributed by atoms with Crippen molar-refractivity contribution in [1.29, 1.82) is 0 Å². The monoisotopic (exact) mass is 355 g/mol. The summed E-state index contributed by atoms with van der Waals surface area (Å²) in [5.41, 5.74) is 3.06. The minimum Gasteiger partial charge on any atom is -0.479 e. The van der Waals surface area contributed by atoms with Gasteiger partial charge in [-0.15, -0.1) is 0 Å². The quantitative estimate of drug-likeness (QED) is 0.783. The summed E-state index contributed by atoms with van der Waals surface area (Å²) in [7, 11) is 0. The average molecular weight is 355 g/mol. The smallest absolute Gasteiger partial charge is 0.337 e.